The van der Waals surface area contributed by atoms with E-state index >= 15 is 0 Å². The minimum atomic E-state index is -0.436. The van der Waals surface area contributed by atoms with Crippen LogP contribution in [0.1, 0.15) is 37.3 Å². The fraction of sp³-hybridized carbons (Fsp3) is 0.318. The van der Waals surface area contributed by atoms with E-state index in [-0.39, 0.29) is 24.1 Å². The van der Waals surface area contributed by atoms with E-state index in [2.05, 4.69) is 5.32 Å². The summed E-state index contributed by atoms with van der Waals surface area (Å²) in [5, 5.41) is 2.40. The first-order chi connectivity index (χ1) is 13.4. The molecule has 0 bridgehead atoms. The van der Waals surface area contributed by atoms with Crippen molar-refractivity contribution in [2.45, 2.75) is 50.2 Å². The predicted molar refractivity (Wildman–Crippen MR) is 113 cm³/mol. The van der Waals surface area contributed by atoms with Crippen LogP contribution in [0.2, 0.25) is 0 Å². The molecule has 5 nitrogen and oxygen atoms in total. The average molecular weight is 397 g/mol. The van der Waals surface area contributed by atoms with Crippen LogP contribution < -0.4 is 10.2 Å². The largest absolute Gasteiger partial charge is 0.326 e. The van der Waals surface area contributed by atoms with Crippen molar-refractivity contribution in [2.75, 3.05) is 10.2 Å². The van der Waals surface area contributed by atoms with Crippen molar-refractivity contribution < 1.29 is 14.4 Å². The lowest BCUT2D eigenvalue weighted by molar-refractivity contribution is -0.121. The Hall–Kier alpha value is -2.60. The summed E-state index contributed by atoms with van der Waals surface area (Å²) in [6, 6.07) is 13.0. The van der Waals surface area contributed by atoms with Crippen LogP contribution in [0, 0.1) is 13.8 Å². The molecule has 146 valence electrons. The summed E-state index contributed by atoms with van der Waals surface area (Å²) in [7, 11) is 0. The summed E-state index contributed by atoms with van der Waals surface area (Å²) in [6.07, 6.45) is 1.48. The highest BCUT2D eigenvalue weighted by molar-refractivity contribution is 8.00. The van der Waals surface area contributed by atoms with Crippen molar-refractivity contribution >= 4 is 40.9 Å². The minimum Gasteiger partial charge on any atom is -0.326 e. The Morgan fingerprint density at radius 1 is 1.11 bits per heavy atom. The molecule has 0 radical (unpaired) electrons. The highest BCUT2D eigenvalue weighted by Gasteiger charge is 2.40. The van der Waals surface area contributed by atoms with Gasteiger partial charge >= 0.3 is 0 Å². The van der Waals surface area contributed by atoms with Crippen LogP contribution in [0.4, 0.5) is 11.4 Å². The van der Waals surface area contributed by atoms with Gasteiger partial charge in [0.05, 0.1) is 10.9 Å². The molecular weight excluding hydrogens is 372 g/mol. The summed E-state index contributed by atoms with van der Waals surface area (Å²) < 4.78 is 0. The second-order valence-corrected chi connectivity index (χ2v) is 8.25. The molecule has 3 amide bonds. The number of amides is 3. The third kappa shape index (κ3) is 4.44. The Bertz CT molecular complexity index is 908. The Kier molecular flexibility index (Phi) is 6.19. The third-order valence-corrected chi connectivity index (χ3v) is 5.94. The average Bonchev–Trinajstić information content (AvgIpc) is 2.93. The minimum absolute atomic E-state index is 0.0106. The van der Waals surface area contributed by atoms with Crippen LogP contribution >= 0.6 is 11.8 Å². The molecule has 1 fully saturated rings. The maximum absolute atomic E-state index is 12.8. The van der Waals surface area contributed by atoms with Gasteiger partial charge < -0.3 is 5.32 Å². The van der Waals surface area contributed by atoms with E-state index < -0.39 is 5.25 Å². The molecule has 2 aromatic carbocycles. The molecule has 1 atom stereocenters. The van der Waals surface area contributed by atoms with Crippen molar-refractivity contribution in [3.63, 3.8) is 0 Å². The van der Waals surface area contributed by atoms with Crippen LogP contribution in [0.3, 0.4) is 0 Å². The van der Waals surface area contributed by atoms with Gasteiger partial charge in [0.2, 0.25) is 17.7 Å². The number of nitrogens with one attached hydrogen (secondary N) is 1. The molecule has 0 saturated carbocycles. The van der Waals surface area contributed by atoms with Gasteiger partial charge in [0.1, 0.15) is 0 Å². The molecule has 6 heteroatoms. The number of hydrogen-bond donors (Lipinski definition) is 1. The molecule has 3 rings (SSSR count). The van der Waals surface area contributed by atoms with Gasteiger partial charge in [-0.05, 0) is 67.8 Å². The highest BCUT2D eigenvalue weighted by Crippen LogP contribution is 2.34. The number of thioether (sulfide) groups is 1. The topological polar surface area (TPSA) is 66.5 Å². The van der Waals surface area contributed by atoms with Gasteiger partial charge in [-0.15, -0.1) is 11.8 Å². The molecule has 0 unspecified atom stereocenters. The number of aryl methyl sites for hydroxylation is 2. The molecule has 28 heavy (non-hydrogen) atoms. The molecule has 0 aliphatic carbocycles. The first-order valence-electron chi connectivity index (χ1n) is 9.39. The van der Waals surface area contributed by atoms with Crippen molar-refractivity contribution in [1.82, 2.24) is 0 Å². The lowest BCUT2D eigenvalue weighted by Crippen LogP contribution is -2.31. The lowest BCUT2D eigenvalue weighted by atomic mass is 10.1. The van der Waals surface area contributed by atoms with Gasteiger partial charge in [0.15, 0.2) is 0 Å². The second kappa shape index (κ2) is 8.61. The van der Waals surface area contributed by atoms with E-state index in [0.717, 1.165) is 28.1 Å². The van der Waals surface area contributed by atoms with Gasteiger partial charge in [0.25, 0.3) is 0 Å². The molecular formula is C22H24N2O3S. The molecule has 1 aliphatic heterocycles. The van der Waals surface area contributed by atoms with Gasteiger partial charge in [-0.2, -0.15) is 0 Å². The number of carbonyl (C=O) groups excluding carboxylic acids is 3. The van der Waals surface area contributed by atoms with E-state index in [1.807, 2.05) is 63.2 Å². The maximum Gasteiger partial charge on any atom is 0.247 e. The normalized spacial score (nSPS) is 16.5. The zero-order valence-corrected chi connectivity index (χ0v) is 17.1. The van der Waals surface area contributed by atoms with Crippen LogP contribution in [-0.2, 0) is 14.4 Å². The monoisotopic (exact) mass is 396 g/mol. The van der Waals surface area contributed by atoms with Crippen LogP contribution in [0.15, 0.2) is 47.4 Å². The smallest absolute Gasteiger partial charge is 0.247 e. The summed E-state index contributed by atoms with van der Waals surface area (Å²) in [6.45, 7) is 5.93. The molecule has 0 spiro atoms. The fourth-order valence-corrected chi connectivity index (χ4v) is 4.12. The summed E-state index contributed by atoms with van der Waals surface area (Å²) in [4.78, 5) is 39.1. The SMILES string of the molecule is CCCC(=O)Nc1ccc(S[C@H]2CC(=O)N(c3ccc(C)c(C)c3)C2=O)cc1. The quantitative estimate of drug-likeness (QED) is 0.732. The first-order valence-corrected chi connectivity index (χ1v) is 10.3. The third-order valence-electron chi connectivity index (χ3n) is 4.75. The van der Waals surface area contributed by atoms with E-state index in [1.165, 1.54) is 16.7 Å². The Morgan fingerprint density at radius 3 is 2.46 bits per heavy atom. The van der Waals surface area contributed by atoms with Crippen LogP contribution in [-0.4, -0.2) is 23.0 Å². The number of nitrogens with zero attached hydrogens (tertiary/aromatic N) is 1. The predicted octanol–water partition coefficient (Wildman–Crippen LogP) is 4.47. The van der Waals surface area contributed by atoms with Gasteiger partial charge in [-0.1, -0.05) is 13.0 Å². The molecule has 1 N–H and O–H groups in total. The fourth-order valence-electron chi connectivity index (χ4n) is 3.06. The number of anilines is 2. The second-order valence-electron chi connectivity index (χ2n) is 6.97. The first kappa shape index (κ1) is 20.1. The molecule has 0 aromatic heterocycles. The number of carbonyl (C=O) groups is 3. The van der Waals surface area contributed by atoms with Gasteiger partial charge in [0, 0.05) is 23.4 Å². The number of hydrogen-bond acceptors (Lipinski definition) is 4. The summed E-state index contributed by atoms with van der Waals surface area (Å²) >= 11 is 1.38. The maximum atomic E-state index is 12.8. The van der Waals surface area contributed by atoms with Crippen LogP contribution in [0.25, 0.3) is 0 Å². The van der Waals surface area contributed by atoms with E-state index in [9.17, 15) is 14.4 Å². The standard InChI is InChI=1S/C22H24N2O3S/c1-4-5-20(25)23-16-7-10-18(11-8-16)28-19-13-21(26)24(22(19)27)17-9-6-14(2)15(3)12-17/h6-12,19H,4-5,13H2,1-3H3,(H,23,25)/t19-/m0/s1. The van der Waals surface area contributed by atoms with Crippen LogP contribution in [0.5, 0.6) is 0 Å². The Balaban J connectivity index is 1.68. The van der Waals surface area contributed by atoms with Crippen molar-refractivity contribution in [3.8, 4) is 0 Å². The van der Waals surface area contributed by atoms with Crippen molar-refractivity contribution in [3.05, 3.63) is 53.6 Å². The number of benzene rings is 2. The molecule has 1 aliphatic rings. The lowest BCUT2D eigenvalue weighted by Gasteiger charge is -2.16. The summed E-state index contributed by atoms with van der Waals surface area (Å²) in [5.74, 6) is -0.365. The zero-order valence-electron chi connectivity index (χ0n) is 16.3. The van der Waals surface area contributed by atoms with E-state index in [4.69, 9.17) is 0 Å². The molecule has 1 saturated heterocycles. The number of rotatable bonds is 6. The van der Waals surface area contributed by atoms with Crippen molar-refractivity contribution in [2.24, 2.45) is 0 Å². The van der Waals surface area contributed by atoms with E-state index in [1.54, 1.807) is 0 Å². The molecule has 2 aromatic rings. The Morgan fingerprint density at radius 2 is 1.82 bits per heavy atom. The Labute approximate surface area is 169 Å². The number of imide groups is 1. The molecule has 1 heterocycles. The van der Waals surface area contributed by atoms with Gasteiger partial charge in [-0.25, -0.2) is 4.90 Å². The summed E-state index contributed by atoms with van der Waals surface area (Å²) in [5.41, 5.74) is 3.54. The van der Waals surface area contributed by atoms with Crippen molar-refractivity contribution in [1.29, 1.82) is 0 Å². The van der Waals surface area contributed by atoms with E-state index in [0.29, 0.717) is 12.1 Å². The highest BCUT2D eigenvalue weighted by atomic mass is 32.2. The van der Waals surface area contributed by atoms with Gasteiger partial charge in [-0.3, -0.25) is 14.4 Å². The zero-order chi connectivity index (χ0) is 20.3.